The van der Waals surface area contributed by atoms with Crippen molar-refractivity contribution in [3.8, 4) is 11.8 Å². The number of hydrogen-bond donors (Lipinski definition) is 0. The van der Waals surface area contributed by atoms with Crippen LogP contribution in [-0.2, 0) is 5.75 Å². The predicted molar refractivity (Wildman–Crippen MR) is 73.7 cm³/mol. The number of thioether (sulfide) groups is 1. The lowest BCUT2D eigenvalue weighted by atomic mass is 10.2. The van der Waals surface area contributed by atoms with E-state index in [1.807, 2.05) is 48.5 Å². The minimum absolute atomic E-state index is 0.695. The van der Waals surface area contributed by atoms with E-state index in [1.165, 1.54) is 5.56 Å². The average molecular weight is 255 g/mol. The van der Waals surface area contributed by atoms with Crippen LogP contribution in [0.25, 0.3) is 0 Å². The van der Waals surface area contributed by atoms with Crippen molar-refractivity contribution in [2.45, 2.75) is 10.6 Å². The van der Waals surface area contributed by atoms with Gasteiger partial charge in [0.1, 0.15) is 5.75 Å². The van der Waals surface area contributed by atoms with E-state index in [1.54, 1.807) is 18.9 Å². The van der Waals surface area contributed by atoms with Crippen LogP contribution in [0, 0.1) is 11.3 Å². The molecular formula is C15H13NOS. The molecule has 0 unspecified atom stereocenters. The fourth-order valence-corrected chi connectivity index (χ4v) is 2.56. The average Bonchev–Trinajstić information content (AvgIpc) is 2.46. The lowest BCUT2D eigenvalue weighted by Gasteiger charge is -2.07. The number of hydrogen-bond acceptors (Lipinski definition) is 3. The first-order valence-corrected chi connectivity index (χ1v) is 6.57. The largest absolute Gasteiger partial charge is 0.496 e. The van der Waals surface area contributed by atoms with Gasteiger partial charge in [-0.05, 0) is 29.8 Å². The Balaban J connectivity index is 2.04. The van der Waals surface area contributed by atoms with Crippen molar-refractivity contribution in [2.75, 3.05) is 7.11 Å². The number of para-hydroxylation sites is 1. The highest BCUT2D eigenvalue weighted by molar-refractivity contribution is 7.98. The third kappa shape index (κ3) is 3.06. The maximum Gasteiger partial charge on any atom is 0.132 e. The van der Waals surface area contributed by atoms with E-state index in [0.717, 1.165) is 16.4 Å². The van der Waals surface area contributed by atoms with E-state index in [9.17, 15) is 0 Å². The van der Waals surface area contributed by atoms with Crippen molar-refractivity contribution in [1.82, 2.24) is 0 Å². The van der Waals surface area contributed by atoms with Gasteiger partial charge in [0.15, 0.2) is 0 Å². The van der Waals surface area contributed by atoms with E-state index >= 15 is 0 Å². The number of methoxy groups -OCH3 is 1. The van der Waals surface area contributed by atoms with Crippen LogP contribution in [0.4, 0.5) is 0 Å². The fraction of sp³-hybridized carbons (Fsp3) is 0.133. The van der Waals surface area contributed by atoms with Crippen LogP contribution in [0.3, 0.4) is 0 Å². The van der Waals surface area contributed by atoms with Crippen LogP contribution in [-0.4, -0.2) is 7.11 Å². The normalized spacial score (nSPS) is 9.78. The van der Waals surface area contributed by atoms with Crippen LogP contribution in [0.15, 0.2) is 53.4 Å². The zero-order valence-electron chi connectivity index (χ0n) is 10.1. The van der Waals surface area contributed by atoms with Crippen molar-refractivity contribution in [3.05, 3.63) is 59.7 Å². The summed E-state index contributed by atoms with van der Waals surface area (Å²) < 4.78 is 5.31. The molecule has 18 heavy (non-hydrogen) atoms. The van der Waals surface area contributed by atoms with E-state index in [4.69, 9.17) is 10.00 Å². The van der Waals surface area contributed by atoms with Gasteiger partial charge in [-0.15, -0.1) is 11.8 Å². The molecular weight excluding hydrogens is 242 g/mol. The van der Waals surface area contributed by atoms with Gasteiger partial charge in [-0.25, -0.2) is 0 Å². The minimum Gasteiger partial charge on any atom is -0.496 e. The van der Waals surface area contributed by atoms with Gasteiger partial charge in [0.05, 0.1) is 18.7 Å². The smallest absolute Gasteiger partial charge is 0.132 e. The Morgan fingerprint density at radius 3 is 2.50 bits per heavy atom. The summed E-state index contributed by atoms with van der Waals surface area (Å²) in [7, 11) is 1.68. The van der Waals surface area contributed by atoms with Crippen molar-refractivity contribution in [1.29, 1.82) is 5.26 Å². The fourth-order valence-electron chi connectivity index (χ4n) is 1.57. The Morgan fingerprint density at radius 1 is 1.11 bits per heavy atom. The lowest BCUT2D eigenvalue weighted by molar-refractivity contribution is 0.405. The monoisotopic (exact) mass is 255 g/mol. The summed E-state index contributed by atoms with van der Waals surface area (Å²) in [5.41, 5.74) is 1.89. The van der Waals surface area contributed by atoms with E-state index in [-0.39, 0.29) is 0 Å². The highest BCUT2D eigenvalue weighted by atomic mass is 32.2. The third-order valence-corrected chi connectivity index (χ3v) is 3.67. The Hall–Kier alpha value is -1.92. The van der Waals surface area contributed by atoms with Crippen molar-refractivity contribution in [3.63, 3.8) is 0 Å². The van der Waals surface area contributed by atoms with Gasteiger partial charge in [0, 0.05) is 10.6 Å². The molecule has 0 spiro atoms. The SMILES string of the molecule is COc1ccccc1SCc1ccc(C#N)cc1. The van der Waals surface area contributed by atoms with E-state index in [2.05, 4.69) is 6.07 Å². The molecule has 0 atom stereocenters. The molecule has 0 amide bonds. The number of nitrogens with zero attached hydrogens (tertiary/aromatic N) is 1. The number of ether oxygens (including phenoxy) is 1. The molecule has 0 saturated carbocycles. The molecule has 0 aromatic heterocycles. The third-order valence-electron chi connectivity index (χ3n) is 2.55. The molecule has 0 bridgehead atoms. The summed E-state index contributed by atoms with van der Waals surface area (Å²) in [6.07, 6.45) is 0. The molecule has 0 aliphatic carbocycles. The van der Waals surface area contributed by atoms with Crippen molar-refractivity contribution < 1.29 is 4.74 Å². The highest BCUT2D eigenvalue weighted by Crippen LogP contribution is 2.31. The Bertz CT molecular complexity index is 557. The maximum absolute atomic E-state index is 8.73. The Kier molecular flexibility index (Phi) is 4.27. The molecule has 2 aromatic carbocycles. The van der Waals surface area contributed by atoms with Gasteiger partial charge in [-0.3, -0.25) is 0 Å². The first-order chi connectivity index (χ1) is 8.83. The van der Waals surface area contributed by atoms with Gasteiger partial charge < -0.3 is 4.74 Å². The second kappa shape index (κ2) is 6.13. The van der Waals surface area contributed by atoms with Crippen LogP contribution in [0.2, 0.25) is 0 Å². The quantitative estimate of drug-likeness (QED) is 0.778. The van der Waals surface area contributed by atoms with E-state index < -0.39 is 0 Å². The second-order valence-corrected chi connectivity index (χ2v) is 4.77. The number of benzene rings is 2. The van der Waals surface area contributed by atoms with Crippen LogP contribution < -0.4 is 4.74 Å². The zero-order valence-corrected chi connectivity index (χ0v) is 10.9. The lowest BCUT2D eigenvalue weighted by Crippen LogP contribution is -1.86. The number of rotatable bonds is 4. The number of nitriles is 1. The van der Waals surface area contributed by atoms with Crippen molar-refractivity contribution in [2.24, 2.45) is 0 Å². The molecule has 2 rings (SSSR count). The van der Waals surface area contributed by atoms with Gasteiger partial charge >= 0.3 is 0 Å². The van der Waals surface area contributed by atoms with Gasteiger partial charge in [0.25, 0.3) is 0 Å². The zero-order chi connectivity index (χ0) is 12.8. The molecule has 0 saturated heterocycles. The standard InChI is InChI=1S/C15H13NOS/c1-17-14-4-2-3-5-15(14)18-11-13-8-6-12(10-16)7-9-13/h2-9H,11H2,1H3. The summed E-state index contributed by atoms with van der Waals surface area (Å²) in [5.74, 6) is 1.77. The molecule has 0 heterocycles. The second-order valence-electron chi connectivity index (χ2n) is 3.75. The highest BCUT2D eigenvalue weighted by Gasteiger charge is 2.02. The molecule has 0 aliphatic heterocycles. The molecule has 90 valence electrons. The van der Waals surface area contributed by atoms with Gasteiger partial charge in [-0.1, -0.05) is 24.3 Å². The van der Waals surface area contributed by atoms with E-state index in [0.29, 0.717) is 5.56 Å². The Morgan fingerprint density at radius 2 is 1.83 bits per heavy atom. The summed E-state index contributed by atoms with van der Waals surface area (Å²) in [6, 6.07) is 17.8. The molecule has 2 aromatic rings. The molecule has 0 N–H and O–H groups in total. The maximum atomic E-state index is 8.73. The van der Waals surface area contributed by atoms with Crippen LogP contribution in [0.1, 0.15) is 11.1 Å². The molecule has 0 radical (unpaired) electrons. The molecule has 0 fully saturated rings. The first-order valence-electron chi connectivity index (χ1n) is 5.58. The predicted octanol–water partition coefficient (Wildman–Crippen LogP) is 3.86. The van der Waals surface area contributed by atoms with Crippen LogP contribution >= 0.6 is 11.8 Å². The summed E-state index contributed by atoms with van der Waals surface area (Å²) >= 11 is 1.73. The molecule has 0 aliphatic rings. The topological polar surface area (TPSA) is 33.0 Å². The molecule has 3 heteroatoms. The van der Waals surface area contributed by atoms with Gasteiger partial charge in [-0.2, -0.15) is 5.26 Å². The van der Waals surface area contributed by atoms with Crippen LogP contribution in [0.5, 0.6) is 5.75 Å². The summed E-state index contributed by atoms with van der Waals surface area (Å²) in [4.78, 5) is 1.13. The van der Waals surface area contributed by atoms with Crippen molar-refractivity contribution >= 4 is 11.8 Å². The summed E-state index contributed by atoms with van der Waals surface area (Å²) in [6.45, 7) is 0. The molecule has 2 nitrogen and oxygen atoms in total. The van der Waals surface area contributed by atoms with Gasteiger partial charge in [0.2, 0.25) is 0 Å². The first kappa shape index (κ1) is 12.5. The minimum atomic E-state index is 0.695. The summed E-state index contributed by atoms with van der Waals surface area (Å²) in [5, 5.41) is 8.73. The Labute approximate surface area is 111 Å².